The predicted molar refractivity (Wildman–Crippen MR) is 77.4 cm³/mol. The lowest BCUT2D eigenvalue weighted by Gasteiger charge is -2.39. The molecule has 0 aliphatic carbocycles. The Balaban J connectivity index is 3.00. The van der Waals surface area contributed by atoms with Crippen LogP contribution < -0.4 is 0 Å². The number of aliphatic hydroxyl groups excluding tert-OH is 1. The second kappa shape index (κ2) is 5.19. The van der Waals surface area contributed by atoms with Crippen LogP contribution in [0.5, 0.6) is 0 Å². The smallest absolute Gasteiger partial charge is 0.412 e. The highest BCUT2D eigenvalue weighted by Crippen LogP contribution is 2.35. The Morgan fingerprint density at radius 3 is 2.20 bits per heavy atom. The van der Waals surface area contributed by atoms with Crippen molar-refractivity contribution >= 4 is 6.09 Å². The molecule has 118 valence electrons. The number of amides is 1. The van der Waals surface area contributed by atoms with Gasteiger partial charge in [0.05, 0.1) is 18.8 Å². The van der Waals surface area contributed by atoms with E-state index in [1.165, 1.54) is 4.90 Å². The quantitative estimate of drug-likeness (QED) is 0.805. The van der Waals surface area contributed by atoms with E-state index >= 15 is 0 Å². The first-order valence-electron chi connectivity index (χ1n) is 7.10. The minimum Gasteiger partial charge on any atom is -0.444 e. The summed E-state index contributed by atoms with van der Waals surface area (Å²) < 4.78 is 11.1. The molecule has 20 heavy (non-hydrogen) atoms. The summed E-state index contributed by atoms with van der Waals surface area (Å²) in [5.74, 6) is 0. The average molecular weight is 287 g/mol. The fraction of sp³-hybridized carbons (Fsp3) is 0.933. The molecule has 0 spiro atoms. The summed E-state index contributed by atoms with van der Waals surface area (Å²) in [6, 6.07) is -0.403. The number of aliphatic hydroxyl groups is 1. The zero-order chi connectivity index (χ0) is 15.9. The lowest BCUT2D eigenvalue weighted by atomic mass is 9.84. The lowest BCUT2D eigenvalue weighted by Crippen LogP contribution is -2.55. The molecule has 5 heteroatoms. The molecule has 0 bridgehead atoms. The van der Waals surface area contributed by atoms with Crippen molar-refractivity contribution in [1.82, 2.24) is 4.90 Å². The molecule has 1 heterocycles. The van der Waals surface area contributed by atoms with Gasteiger partial charge in [-0.2, -0.15) is 0 Å². The van der Waals surface area contributed by atoms with E-state index < -0.39 is 29.6 Å². The molecular formula is C15H29NO4. The first-order chi connectivity index (χ1) is 8.76. The number of nitrogens with zero attached hydrogens (tertiary/aromatic N) is 1. The van der Waals surface area contributed by atoms with Gasteiger partial charge in [0.15, 0.2) is 0 Å². The molecule has 2 atom stereocenters. The van der Waals surface area contributed by atoms with Gasteiger partial charge in [-0.25, -0.2) is 4.79 Å². The van der Waals surface area contributed by atoms with E-state index in [4.69, 9.17) is 9.47 Å². The summed E-state index contributed by atoms with van der Waals surface area (Å²) in [5.41, 5.74) is -1.69. The number of hydrogen-bond acceptors (Lipinski definition) is 4. The number of ether oxygens (including phenoxy) is 2. The molecule has 1 aliphatic heterocycles. The fourth-order valence-electron chi connectivity index (χ4n) is 2.31. The van der Waals surface area contributed by atoms with Crippen LogP contribution in [0.3, 0.4) is 0 Å². The van der Waals surface area contributed by atoms with E-state index in [1.54, 1.807) is 0 Å². The molecule has 0 aromatic heterocycles. The normalized spacial score (nSPS) is 24.6. The summed E-state index contributed by atoms with van der Waals surface area (Å²) in [5, 5.41) is 10.5. The van der Waals surface area contributed by atoms with Gasteiger partial charge in [0.1, 0.15) is 11.3 Å². The van der Waals surface area contributed by atoms with Gasteiger partial charge in [-0.15, -0.1) is 0 Å². The third-order valence-electron chi connectivity index (χ3n) is 3.36. The maximum atomic E-state index is 12.4. The highest BCUT2D eigenvalue weighted by molar-refractivity contribution is 5.70. The summed E-state index contributed by atoms with van der Waals surface area (Å²) >= 11 is 0. The summed E-state index contributed by atoms with van der Waals surface area (Å²) in [6.45, 7) is 15.2. The molecule has 5 nitrogen and oxygen atoms in total. The number of carbonyl (C=O) groups is 1. The first-order valence-corrected chi connectivity index (χ1v) is 7.10. The molecule has 1 saturated heterocycles. The van der Waals surface area contributed by atoms with E-state index in [2.05, 4.69) is 0 Å². The highest BCUT2D eigenvalue weighted by Gasteiger charge is 2.50. The van der Waals surface area contributed by atoms with Gasteiger partial charge in [0, 0.05) is 0 Å². The minimum absolute atomic E-state index is 0.310. The van der Waals surface area contributed by atoms with E-state index in [0.717, 1.165) is 0 Å². The standard InChI is InChI=1S/C15H29NO4/c1-13(2,3)11(17)10-9-19-15(7,8)16(10)12(18)20-14(4,5)6/h10-11,17H,9H2,1-8H3/t10-,11-/m1/s1. The van der Waals surface area contributed by atoms with Crippen LogP contribution >= 0.6 is 0 Å². The van der Waals surface area contributed by atoms with Crippen molar-refractivity contribution in [2.75, 3.05) is 6.61 Å². The van der Waals surface area contributed by atoms with Crippen molar-refractivity contribution in [2.45, 2.75) is 78.9 Å². The van der Waals surface area contributed by atoms with Gasteiger partial charge in [0.2, 0.25) is 0 Å². The maximum absolute atomic E-state index is 12.4. The SMILES string of the molecule is CC(C)(C)OC(=O)N1[C@@H]([C@@H](O)C(C)(C)C)COC1(C)C. The summed E-state index contributed by atoms with van der Waals surface area (Å²) in [4.78, 5) is 14.0. The molecule has 1 fully saturated rings. The molecule has 1 aliphatic rings. The van der Waals surface area contributed by atoms with Gasteiger partial charge >= 0.3 is 6.09 Å². The number of hydrogen-bond donors (Lipinski definition) is 1. The second-order valence-corrected chi connectivity index (χ2v) is 7.99. The minimum atomic E-state index is -0.779. The number of rotatable bonds is 1. The summed E-state index contributed by atoms with van der Waals surface area (Å²) in [6.07, 6.45) is -1.13. The van der Waals surface area contributed by atoms with Crippen molar-refractivity contribution in [2.24, 2.45) is 5.41 Å². The van der Waals surface area contributed by atoms with E-state index in [0.29, 0.717) is 6.61 Å². The van der Waals surface area contributed by atoms with Gasteiger partial charge < -0.3 is 14.6 Å². The predicted octanol–water partition coefficient (Wildman–Crippen LogP) is 2.77. The zero-order valence-corrected chi connectivity index (χ0v) is 14.0. The van der Waals surface area contributed by atoms with Crippen LogP contribution in [-0.4, -0.2) is 46.2 Å². The maximum Gasteiger partial charge on any atom is 0.412 e. The second-order valence-electron chi connectivity index (χ2n) is 7.99. The Labute approximate surface area is 122 Å². The lowest BCUT2D eigenvalue weighted by molar-refractivity contribution is -0.0741. The highest BCUT2D eigenvalue weighted by atomic mass is 16.6. The zero-order valence-electron chi connectivity index (χ0n) is 14.0. The third-order valence-corrected chi connectivity index (χ3v) is 3.36. The fourth-order valence-corrected chi connectivity index (χ4v) is 2.31. The molecule has 0 saturated carbocycles. The number of carbonyl (C=O) groups excluding carboxylic acids is 1. The Kier molecular flexibility index (Phi) is 4.47. The van der Waals surface area contributed by atoms with Gasteiger partial charge in [-0.1, -0.05) is 20.8 Å². The van der Waals surface area contributed by atoms with Crippen LogP contribution in [0, 0.1) is 5.41 Å². The molecule has 0 radical (unpaired) electrons. The van der Waals surface area contributed by atoms with Crippen molar-refractivity contribution in [3.63, 3.8) is 0 Å². The summed E-state index contributed by atoms with van der Waals surface area (Å²) in [7, 11) is 0. The molecule has 1 rings (SSSR count). The van der Waals surface area contributed by atoms with Crippen LogP contribution in [0.4, 0.5) is 4.79 Å². The Bertz CT molecular complexity index is 365. The van der Waals surface area contributed by atoms with E-state index in [-0.39, 0.29) is 5.41 Å². The van der Waals surface area contributed by atoms with Crippen LogP contribution in [-0.2, 0) is 9.47 Å². The van der Waals surface area contributed by atoms with Gasteiger partial charge in [-0.05, 0) is 40.0 Å². The third kappa shape index (κ3) is 3.85. The largest absolute Gasteiger partial charge is 0.444 e. The Morgan fingerprint density at radius 1 is 1.30 bits per heavy atom. The topological polar surface area (TPSA) is 59.0 Å². The van der Waals surface area contributed by atoms with E-state index in [1.807, 2.05) is 55.4 Å². The van der Waals surface area contributed by atoms with Gasteiger partial charge in [0.25, 0.3) is 0 Å². The first kappa shape index (κ1) is 17.2. The van der Waals surface area contributed by atoms with Crippen LogP contribution in [0.2, 0.25) is 0 Å². The van der Waals surface area contributed by atoms with Crippen LogP contribution in [0.1, 0.15) is 55.4 Å². The van der Waals surface area contributed by atoms with Crippen molar-refractivity contribution in [3.05, 3.63) is 0 Å². The molecular weight excluding hydrogens is 258 g/mol. The monoisotopic (exact) mass is 287 g/mol. The van der Waals surface area contributed by atoms with Gasteiger partial charge in [-0.3, -0.25) is 4.90 Å². The molecule has 0 aromatic rings. The van der Waals surface area contributed by atoms with Crippen molar-refractivity contribution in [3.8, 4) is 0 Å². The molecule has 1 N–H and O–H groups in total. The van der Waals surface area contributed by atoms with Crippen molar-refractivity contribution < 1.29 is 19.4 Å². The van der Waals surface area contributed by atoms with Crippen LogP contribution in [0.15, 0.2) is 0 Å². The Hall–Kier alpha value is -0.810. The molecule has 0 unspecified atom stereocenters. The van der Waals surface area contributed by atoms with Crippen molar-refractivity contribution in [1.29, 1.82) is 0 Å². The Morgan fingerprint density at radius 2 is 1.80 bits per heavy atom. The molecule has 1 amide bonds. The van der Waals surface area contributed by atoms with E-state index in [9.17, 15) is 9.90 Å². The average Bonchev–Trinajstić information content (AvgIpc) is 2.48. The van der Waals surface area contributed by atoms with Crippen LogP contribution in [0.25, 0.3) is 0 Å². The molecule has 0 aromatic carbocycles.